The van der Waals surface area contributed by atoms with Gasteiger partial charge in [-0.15, -0.1) is 24.8 Å². The average Bonchev–Trinajstić information content (AvgIpc) is 2.59. The average molecular weight is 390 g/mol. The van der Waals surface area contributed by atoms with Crippen LogP contribution in [0.4, 0.5) is 5.69 Å². The Morgan fingerprint density at radius 2 is 1.92 bits per heavy atom. The summed E-state index contributed by atoms with van der Waals surface area (Å²) in [4.78, 5) is 17.0. The van der Waals surface area contributed by atoms with Crippen LogP contribution in [0.25, 0.3) is 0 Å². The second-order valence-electron chi connectivity index (χ2n) is 6.74. The lowest BCUT2D eigenvalue weighted by Gasteiger charge is -2.38. The fourth-order valence-electron chi connectivity index (χ4n) is 3.30. The first-order valence-corrected chi connectivity index (χ1v) is 8.92. The third kappa shape index (κ3) is 6.36. The highest BCUT2D eigenvalue weighted by Crippen LogP contribution is 2.22. The molecule has 0 radical (unpaired) electrons. The van der Waals surface area contributed by atoms with Crippen LogP contribution in [-0.2, 0) is 0 Å². The molecule has 144 valence electrons. The van der Waals surface area contributed by atoms with Gasteiger partial charge in [0.2, 0.25) is 0 Å². The number of hydrogen-bond acceptors (Lipinski definition) is 3. The summed E-state index contributed by atoms with van der Waals surface area (Å²) >= 11 is 0. The molecule has 1 amide bonds. The minimum Gasteiger partial charge on any atom is -0.375 e. The van der Waals surface area contributed by atoms with E-state index in [0.29, 0.717) is 0 Å². The normalized spacial score (nSPS) is 17.9. The molecule has 25 heavy (non-hydrogen) atoms. The van der Waals surface area contributed by atoms with E-state index in [1.807, 2.05) is 36.1 Å². The Labute approximate surface area is 164 Å². The van der Waals surface area contributed by atoms with E-state index >= 15 is 0 Å². The molecule has 1 aliphatic rings. The van der Waals surface area contributed by atoms with E-state index in [2.05, 4.69) is 18.9 Å². The molecule has 1 heterocycles. The van der Waals surface area contributed by atoms with Crippen molar-refractivity contribution in [2.45, 2.75) is 58.0 Å². The molecule has 0 bridgehead atoms. The Morgan fingerprint density at radius 1 is 1.28 bits per heavy atom. The molecule has 0 spiro atoms. The van der Waals surface area contributed by atoms with Gasteiger partial charge >= 0.3 is 0 Å². The number of anilines is 1. The summed E-state index contributed by atoms with van der Waals surface area (Å²) in [6, 6.07) is 8.20. The number of carbonyl (C=O) groups is 1. The zero-order valence-corrected chi connectivity index (χ0v) is 17.2. The zero-order valence-electron chi connectivity index (χ0n) is 15.6. The molecule has 0 aliphatic carbocycles. The number of hydrogen-bond donors (Lipinski definition) is 1. The van der Waals surface area contributed by atoms with Gasteiger partial charge in [-0.05, 0) is 56.9 Å². The Balaban J connectivity index is 0.00000288. The molecule has 1 aromatic carbocycles. The second kappa shape index (κ2) is 11.6. The van der Waals surface area contributed by atoms with Crippen LogP contribution in [0.2, 0.25) is 0 Å². The van der Waals surface area contributed by atoms with Crippen LogP contribution in [0.5, 0.6) is 0 Å². The molecule has 2 rings (SSSR count). The van der Waals surface area contributed by atoms with Crippen molar-refractivity contribution < 1.29 is 4.79 Å². The summed E-state index contributed by atoms with van der Waals surface area (Å²) in [7, 11) is 2.10. The molecule has 2 atom stereocenters. The summed E-state index contributed by atoms with van der Waals surface area (Å²) < 4.78 is 0. The predicted octanol–water partition coefficient (Wildman–Crippen LogP) is 4.11. The van der Waals surface area contributed by atoms with E-state index in [9.17, 15) is 4.79 Å². The second-order valence-corrected chi connectivity index (χ2v) is 6.74. The van der Waals surface area contributed by atoms with Gasteiger partial charge in [0, 0.05) is 43.5 Å². The summed E-state index contributed by atoms with van der Waals surface area (Å²) in [6.45, 7) is 6.07. The molecule has 1 saturated heterocycles. The van der Waals surface area contributed by atoms with Crippen LogP contribution in [0.3, 0.4) is 0 Å². The van der Waals surface area contributed by atoms with Crippen LogP contribution in [0.15, 0.2) is 24.3 Å². The number of likely N-dealkylation sites (tertiary alicyclic amines) is 1. The van der Waals surface area contributed by atoms with Crippen molar-refractivity contribution in [3.63, 3.8) is 0 Å². The number of carbonyl (C=O) groups excluding carboxylic acids is 1. The molecule has 6 heteroatoms. The summed E-state index contributed by atoms with van der Waals surface area (Å²) in [6.07, 6.45) is 5.63. The molecule has 2 N–H and O–H groups in total. The lowest BCUT2D eigenvalue weighted by atomic mass is 9.96. The Kier molecular flexibility index (Phi) is 11.2. The zero-order chi connectivity index (χ0) is 16.8. The highest BCUT2D eigenvalue weighted by molar-refractivity contribution is 5.95. The van der Waals surface area contributed by atoms with Gasteiger partial charge in [0.25, 0.3) is 5.91 Å². The van der Waals surface area contributed by atoms with Crippen LogP contribution < -0.4 is 10.6 Å². The van der Waals surface area contributed by atoms with Gasteiger partial charge in [-0.2, -0.15) is 0 Å². The van der Waals surface area contributed by atoms with E-state index in [-0.39, 0.29) is 42.8 Å². The maximum absolute atomic E-state index is 12.8. The van der Waals surface area contributed by atoms with Gasteiger partial charge in [0.15, 0.2) is 0 Å². The number of rotatable bonds is 6. The largest absolute Gasteiger partial charge is 0.375 e. The molecule has 1 aliphatic heterocycles. The van der Waals surface area contributed by atoms with Crippen LogP contribution in [0.1, 0.15) is 56.3 Å². The van der Waals surface area contributed by atoms with Crippen molar-refractivity contribution in [1.29, 1.82) is 0 Å². The quantitative estimate of drug-likeness (QED) is 0.795. The summed E-state index contributed by atoms with van der Waals surface area (Å²) in [5.74, 6) is 0.120. The minimum absolute atomic E-state index is 0. The first kappa shape index (κ1) is 24.0. The lowest BCUT2D eigenvalue weighted by Crippen LogP contribution is -2.51. The van der Waals surface area contributed by atoms with Gasteiger partial charge in [-0.25, -0.2) is 0 Å². The third-order valence-corrected chi connectivity index (χ3v) is 4.82. The predicted molar refractivity (Wildman–Crippen MR) is 111 cm³/mol. The van der Waals surface area contributed by atoms with Crippen molar-refractivity contribution in [3.8, 4) is 0 Å². The van der Waals surface area contributed by atoms with Crippen LogP contribution >= 0.6 is 24.8 Å². The minimum atomic E-state index is 0. The third-order valence-electron chi connectivity index (χ3n) is 4.82. The summed E-state index contributed by atoms with van der Waals surface area (Å²) in [5, 5.41) is 0. The fraction of sp³-hybridized carbons (Fsp3) is 0.632. The number of unbranched alkanes of at least 4 members (excludes halogenated alkanes) is 1. The molecule has 0 saturated carbocycles. The first-order valence-electron chi connectivity index (χ1n) is 8.92. The highest BCUT2D eigenvalue weighted by atomic mass is 35.5. The molecular formula is C19H33Cl2N3O. The standard InChI is InChI=1S/C19H31N3O.2ClH/c1-4-5-13-21(3)17-11-9-16(10-12-17)19(23)22-14-7-6-8-18(22)15(2)20;;/h9-12,15,18H,4-8,13-14,20H2,1-3H3;2*1H. The molecule has 4 nitrogen and oxygen atoms in total. The first-order chi connectivity index (χ1) is 11.0. The van der Waals surface area contributed by atoms with Gasteiger partial charge in [0.1, 0.15) is 0 Å². The van der Waals surface area contributed by atoms with Crippen molar-refractivity contribution in [2.24, 2.45) is 5.73 Å². The maximum Gasteiger partial charge on any atom is 0.254 e. The topological polar surface area (TPSA) is 49.6 Å². The SMILES string of the molecule is CCCCN(C)c1ccc(C(=O)N2CCCCC2C(C)N)cc1.Cl.Cl. The van der Waals surface area contributed by atoms with Gasteiger partial charge in [0.05, 0.1) is 0 Å². The number of amides is 1. The van der Waals surface area contributed by atoms with Crippen molar-refractivity contribution >= 4 is 36.4 Å². The van der Waals surface area contributed by atoms with Crippen molar-refractivity contribution in [3.05, 3.63) is 29.8 Å². The number of benzene rings is 1. The van der Waals surface area contributed by atoms with Gasteiger partial charge in [-0.1, -0.05) is 13.3 Å². The fourth-order valence-corrected chi connectivity index (χ4v) is 3.30. The molecule has 0 aromatic heterocycles. The smallest absolute Gasteiger partial charge is 0.254 e. The van der Waals surface area contributed by atoms with E-state index in [4.69, 9.17) is 5.73 Å². The van der Waals surface area contributed by atoms with Gasteiger partial charge < -0.3 is 15.5 Å². The highest BCUT2D eigenvalue weighted by Gasteiger charge is 2.29. The molecule has 1 aromatic rings. The Morgan fingerprint density at radius 3 is 2.48 bits per heavy atom. The van der Waals surface area contributed by atoms with E-state index in [0.717, 1.165) is 43.6 Å². The van der Waals surface area contributed by atoms with E-state index in [1.165, 1.54) is 12.8 Å². The van der Waals surface area contributed by atoms with Gasteiger partial charge in [-0.3, -0.25) is 4.79 Å². The lowest BCUT2D eigenvalue weighted by molar-refractivity contribution is 0.0584. The van der Waals surface area contributed by atoms with Crippen LogP contribution in [0, 0.1) is 0 Å². The summed E-state index contributed by atoms with van der Waals surface area (Å²) in [5.41, 5.74) is 8.02. The number of nitrogens with two attached hydrogens (primary N) is 1. The van der Waals surface area contributed by atoms with E-state index < -0.39 is 0 Å². The Hall–Kier alpha value is -0.970. The molecule has 2 unspecified atom stereocenters. The Bertz CT molecular complexity index is 508. The number of nitrogens with zero attached hydrogens (tertiary/aromatic N) is 2. The number of halogens is 2. The van der Waals surface area contributed by atoms with E-state index in [1.54, 1.807) is 0 Å². The molecular weight excluding hydrogens is 357 g/mol. The van der Waals surface area contributed by atoms with Crippen molar-refractivity contribution in [2.75, 3.05) is 25.0 Å². The van der Waals surface area contributed by atoms with Crippen molar-refractivity contribution in [1.82, 2.24) is 4.90 Å². The number of piperidine rings is 1. The maximum atomic E-state index is 12.8. The van der Waals surface area contributed by atoms with Crippen LogP contribution in [-0.4, -0.2) is 43.0 Å². The molecule has 1 fully saturated rings. The monoisotopic (exact) mass is 389 g/mol.